The fourth-order valence-electron chi connectivity index (χ4n) is 7.75. The SMILES string of the molecule is C/C=C(/Cl)C=C1C(=NCCCS(=O)(=O)O)N=C(/C=C/C(=C/C=C2/N(CCCS(=O)(=O)O)c3ccc(S(=O)(=O)O)cc3C2(C)C)c2cccc(CCC(=O)NCCN3C(=O)C=CC3=O)c2)C1(C)C. The molecule has 0 atom stereocenters. The van der Waals surface area contributed by atoms with Gasteiger partial charge in [-0.1, -0.05) is 81.8 Å². The maximum Gasteiger partial charge on any atom is 0.294 e. The van der Waals surface area contributed by atoms with E-state index in [4.69, 9.17) is 16.6 Å². The molecule has 2 aromatic rings. The molecular weight excluding hydrogens is 946 g/mol. The van der Waals surface area contributed by atoms with Crippen LogP contribution >= 0.6 is 11.6 Å². The summed E-state index contributed by atoms with van der Waals surface area (Å²) in [5, 5.41) is 3.17. The molecule has 0 bridgehead atoms. The molecule has 3 aliphatic rings. The zero-order chi connectivity index (χ0) is 49.5. The number of aryl methyl sites for hydroxylation is 1. The second kappa shape index (κ2) is 21.3. The van der Waals surface area contributed by atoms with Crippen molar-refractivity contribution >= 4 is 82.5 Å². The van der Waals surface area contributed by atoms with Gasteiger partial charge in [0.1, 0.15) is 0 Å². The Morgan fingerprint density at radius 1 is 0.881 bits per heavy atom. The Balaban J connectivity index is 1.57. The number of hydrogen-bond donors (Lipinski definition) is 4. The first kappa shape index (κ1) is 52.6. The van der Waals surface area contributed by atoms with E-state index in [1.54, 1.807) is 19.1 Å². The third-order valence-electron chi connectivity index (χ3n) is 11.4. The first-order chi connectivity index (χ1) is 31.2. The van der Waals surface area contributed by atoms with Crippen molar-refractivity contribution in [1.29, 1.82) is 0 Å². The summed E-state index contributed by atoms with van der Waals surface area (Å²) in [4.78, 5) is 48.6. The number of amides is 3. The van der Waals surface area contributed by atoms with E-state index in [1.165, 1.54) is 30.4 Å². The van der Waals surface area contributed by atoms with Crippen LogP contribution in [0.4, 0.5) is 5.69 Å². The van der Waals surface area contributed by atoms with Crippen LogP contribution in [0.15, 0.2) is 122 Å². The summed E-state index contributed by atoms with van der Waals surface area (Å²) in [5.74, 6) is -1.84. The first-order valence-electron chi connectivity index (χ1n) is 21.2. The molecule has 0 saturated carbocycles. The van der Waals surface area contributed by atoms with E-state index in [2.05, 4.69) is 10.3 Å². The minimum atomic E-state index is -4.58. The molecule has 360 valence electrons. The van der Waals surface area contributed by atoms with Gasteiger partial charge in [0.05, 0.1) is 22.1 Å². The van der Waals surface area contributed by atoms with Crippen LogP contribution in [0.5, 0.6) is 0 Å². The third-order valence-corrected chi connectivity index (χ3v) is 14.2. The van der Waals surface area contributed by atoms with Gasteiger partial charge in [0.25, 0.3) is 42.2 Å². The molecular formula is C46H54ClN5O12S3. The van der Waals surface area contributed by atoms with E-state index in [1.807, 2.05) is 81.2 Å². The molecule has 67 heavy (non-hydrogen) atoms. The Morgan fingerprint density at radius 2 is 1.55 bits per heavy atom. The molecule has 17 nitrogen and oxygen atoms in total. The molecule has 0 aromatic heterocycles. The van der Waals surface area contributed by atoms with Crippen LogP contribution in [0.3, 0.4) is 0 Å². The van der Waals surface area contributed by atoms with Crippen molar-refractivity contribution in [2.75, 3.05) is 42.6 Å². The van der Waals surface area contributed by atoms with Gasteiger partial charge >= 0.3 is 0 Å². The highest BCUT2D eigenvalue weighted by atomic mass is 35.5. The number of rotatable bonds is 20. The second-order valence-corrected chi connectivity index (χ2v) is 22.0. The summed E-state index contributed by atoms with van der Waals surface area (Å²) >= 11 is 6.48. The zero-order valence-corrected chi connectivity index (χ0v) is 40.8. The van der Waals surface area contributed by atoms with Crippen molar-refractivity contribution in [3.8, 4) is 0 Å². The van der Waals surface area contributed by atoms with E-state index in [0.29, 0.717) is 56.7 Å². The highest BCUT2D eigenvalue weighted by molar-refractivity contribution is 7.86. The molecule has 2 aromatic carbocycles. The van der Waals surface area contributed by atoms with Gasteiger partial charge in [0.2, 0.25) is 5.91 Å². The maximum atomic E-state index is 12.9. The second-order valence-electron chi connectivity index (χ2n) is 17.0. The van der Waals surface area contributed by atoms with Gasteiger partial charge < -0.3 is 10.2 Å². The number of carbonyl (C=O) groups excluding carboxylic acids is 3. The number of hydrogen-bond acceptors (Lipinski definition) is 11. The van der Waals surface area contributed by atoms with Crippen molar-refractivity contribution in [2.24, 2.45) is 15.4 Å². The van der Waals surface area contributed by atoms with Crippen molar-refractivity contribution in [3.05, 3.63) is 124 Å². The van der Waals surface area contributed by atoms with Gasteiger partial charge in [-0.3, -0.25) is 37.9 Å². The Hall–Kier alpha value is -5.35. The van der Waals surface area contributed by atoms with E-state index in [-0.39, 0.29) is 56.2 Å². The van der Waals surface area contributed by atoms with Gasteiger partial charge in [-0.2, -0.15) is 25.3 Å². The number of amidine groups is 1. The summed E-state index contributed by atoms with van der Waals surface area (Å²) in [6.45, 7) is 9.64. The minimum absolute atomic E-state index is 0.0191. The summed E-state index contributed by atoms with van der Waals surface area (Å²) in [7, 11) is -13.1. The number of carbonyl (C=O) groups is 3. The number of fused-ring (bicyclic) bond motifs is 1. The topological polar surface area (TPSA) is 258 Å². The fraction of sp³-hybridized carbons (Fsp3) is 0.370. The lowest BCUT2D eigenvalue weighted by molar-refractivity contribution is -0.137. The highest BCUT2D eigenvalue weighted by Gasteiger charge is 2.41. The molecule has 0 radical (unpaired) electrons. The van der Waals surface area contributed by atoms with E-state index in [9.17, 15) is 53.3 Å². The predicted molar refractivity (Wildman–Crippen MR) is 259 cm³/mol. The molecule has 3 aliphatic heterocycles. The highest BCUT2D eigenvalue weighted by Crippen LogP contribution is 2.49. The average molecular weight is 1000 g/mol. The molecule has 0 fully saturated rings. The number of nitrogens with zero attached hydrogens (tertiary/aromatic N) is 4. The quantitative estimate of drug-likeness (QED) is 0.0512. The number of nitrogens with one attached hydrogen (secondary N) is 1. The number of allylic oxidation sites excluding steroid dienone is 9. The van der Waals surface area contributed by atoms with E-state index in [0.717, 1.165) is 10.5 Å². The van der Waals surface area contributed by atoms with Crippen LogP contribution < -0.4 is 10.2 Å². The van der Waals surface area contributed by atoms with Gasteiger partial charge in [-0.05, 0) is 84.9 Å². The maximum absolute atomic E-state index is 12.9. The van der Waals surface area contributed by atoms with Crippen LogP contribution in [-0.4, -0.2) is 111 Å². The number of anilines is 1. The lowest BCUT2D eigenvalue weighted by atomic mass is 9.80. The smallest absolute Gasteiger partial charge is 0.294 e. The number of imide groups is 1. The third kappa shape index (κ3) is 13.9. The Labute approximate surface area is 396 Å². The van der Waals surface area contributed by atoms with Crippen molar-refractivity contribution < 1.29 is 53.3 Å². The normalized spacial score (nSPS) is 19.4. The fourth-order valence-corrected chi connectivity index (χ4v) is 9.36. The summed E-state index contributed by atoms with van der Waals surface area (Å²) in [5.41, 5.74) is 3.50. The Bertz CT molecular complexity index is 2890. The minimum Gasteiger partial charge on any atom is -0.354 e. The summed E-state index contributed by atoms with van der Waals surface area (Å²) in [6.07, 6.45) is 13.6. The average Bonchev–Trinajstić information content (AvgIpc) is 3.76. The lowest BCUT2D eigenvalue weighted by Crippen LogP contribution is -2.38. The van der Waals surface area contributed by atoms with Crippen molar-refractivity contribution in [1.82, 2.24) is 10.2 Å². The van der Waals surface area contributed by atoms with Gasteiger partial charge in [-0.25, -0.2) is 4.99 Å². The molecule has 0 saturated heterocycles. The predicted octanol–water partition coefficient (Wildman–Crippen LogP) is 6.03. The summed E-state index contributed by atoms with van der Waals surface area (Å²) in [6, 6.07) is 11.6. The van der Waals surface area contributed by atoms with Crippen LogP contribution in [0, 0.1) is 5.41 Å². The molecule has 0 unspecified atom stereocenters. The Morgan fingerprint density at radius 3 is 2.19 bits per heavy atom. The molecule has 4 N–H and O–H groups in total. The number of aliphatic imine (C=N–C) groups is 2. The summed E-state index contributed by atoms with van der Waals surface area (Å²) < 4.78 is 99.5. The number of benzene rings is 2. The van der Waals surface area contributed by atoms with Crippen LogP contribution in [0.2, 0.25) is 0 Å². The molecule has 21 heteroatoms. The zero-order valence-electron chi connectivity index (χ0n) is 37.6. The van der Waals surface area contributed by atoms with Gasteiger partial charge in [0, 0.05) is 77.6 Å². The van der Waals surface area contributed by atoms with E-state index < -0.39 is 64.5 Å². The van der Waals surface area contributed by atoms with Crippen molar-refractivity contribution in [3.63, 3.8) is 0 Å². The molecule has 0 aliphatic carbocycles. The molecule has 0 spiro atoms. The van der Waals surface area contributed by atoms with Crippen LogP contribution in [0.25, 0.3) is 5.57 Å². The molecule has 5 rings (SSSR count). The van der Waals surface area contributed by atoms with Gasteiger partial charge in [0.15, 0.2) is 5.84 Å². The van der Waals surface area contributed by atoms with Crippen molar-refractivity contribution in [2.45, 2.75) is 70.6 Å². The Kier molecular flexibility index (Phi) is 16.7. The standard InChI is InChI=1S/C46H54ClN5O12S3/c1-6-34(47)29-37-44(49-22-8-26-65(56,57)58)50-39(45(37,2)3)17-13-32(33-11-7-10-31(28-33)12-19-41(53)48-23-25-52-42(54)20-21-43(52)55)14-18-40-46(4,5)36-30-35(67(62,63)64)15-16-38(36)51(40)24-9-27-66(59,60)61/h6-7,10-11,13-18,20-21,28-30H,8-9,12,19,22-27H2,1-5H3,(H,48,53)(H,56,57,58)(H,59,60,61)(H,62,63,64)/b17-13+,32-14-,34-6+,37-29?,40-18+,49-44?. The largest absolute Gasteiger partial charge is 0.354 e. The van der Waals surface area contributed by atoms with Gasteiger partial charge in [-0.15, -0.1) is 0 Å². The van der Waals surface area contributed by atoms with Crippen LogP contribution in [-0.2, 0) is 56.6 Å². The van der Waals surface area contributed by atoms with Crippen LogP contribution in [0.1, 0.15) is 70.6 Å². The monoisotopic (exact) mass is 999 g/mol. The first-order valence-corrected chi connectivity index (χ1v) is 26.2. The molecule has 3 amide bonds. The lowest BCUT2D eigenvalue weighted by Gasteiger charge is -2.27. The molecule has 3 heterocycles. The number of halogens is 1. The van der Waals surface area contributed by atoms with E-state index >= 15 is 0 Å².